The van der Waals surface area contributed by atoms with Gasteiger partial charge < -0.3 is 9.30 Å². The van der Waals surface area contributed by atoms with Crippen LogP contribution < -0.4 is 0 Å². The molecule has 0 spiro atoms. The molecule has 0 aliphatic rings. The molecule has 0 saturated carbocycles. The molecule has 202 valence electrons. The van der Waals surface area contributed by atoms with Gasteiger partial charge >= 0.3 is 5.97 Å². The first kappa shape index (κ1) is 31.4. The van der Waals surface area contributed by atoms with Crippen molar-refractivity contribution >= 4 is 11.8 Å². The number of ketones is 1. The van der Waals surface area contributed by atoms with Gasteiger partial charge in [0.2, 0.25) is 0 Å². The molecule has 4 heteroatoms. The molecule has 1 aromatic rings. The second-order valence-corrected chi connectivity index (χ2v) is 10.4. The molecule has 1 rings (SSSR count). The van der Waals surface area contributed by atoms with Crippen molar-refractivity contribution in [2.45, 2.75) is 156 Å². The number of rotatable bonds is 22. The summed E-state index contributed by atoms with van der Waals surface area (Å²) in [5.41, 5.74) is 4.14. The summed E-state index contributed by atoms with van der Waals surface area (Å²) in [5.74, 6) is 0.0702. The predicted octanol–water partition coefficient (Wildman–Crippen LogP) is 9.06. The van der Waals surface area contributed by atoms with Crippen LogP contribution in [-0.2, 0) is 22.5 Å². The van der Waals surface area contributed by atoms with E-state index in [1.54, 1.807) is 0 Å². The molecule has 0 fully saturated rings. The number of carbonyl (C=O) groups excluding carboxylic acids is 2. The Bertz CT molecular complexity index is 719. The van der Waals surface area contributed by atoms with Gasteiger partial charge in [0, 0.05) is 29.9 Å². The van der Waals surface area contributed by atoms with Gasteiger partial charge in [0.05, 0.1) is 13.5 Å². The zero-order valence-corrected chi connectivity index (χ0v) is 23.8. The molecule has 35 heavy (non-hydrogen) atoms. The van der Waals surface area contributed by atoms with Crippen LogP contribution in [0.5, 0.6) is 0 Å². The molecule has 0 N–H and O–H groups in total. The van der Waals surface area contributed by atoms with Gasteiger partial charge in [-0.05, 0) is 38.7 Å². The Labute approximate surface area is 216 Å². The lowest BCUT2D eigenvalue weighted by Crippen LogP contribution is -2.09. The minimum absolute atomic E-state index is 0.197. The van der Waals surface area contributed by atoms with Crippen molar-refractivity contribution in [1.29, 1.82) is 0 Å². The van der Waals surface area contributed by atoms with Crippen LogP contribution in [0.1, 0.15) is 157 Å². The molecule has 4 nitrogen and oxygen atoms in total. The highest BCUT2D eigenvalue weighted by atomic mass is 16.5. The fraction of sp³-hybridized carbons (Fsp3) is 0.806. The highest BCUT2D eigenvalue weighted by Crippen LogP contribution is 2.26. The van der Waals surface area contributed by atoms with Gasteiger partial charge in [-0.15, -0.1) is 0 Å². The minimum atomic E-state index is -0.197. The fourth-order valence-electron chi connectivity index (χ4n) is 5.32. The van der Waals surface area contributed by atoms with Crippen molar-refractivity contribution in [2.24, 2.45) is 0 Å². The summed E-state index contributed by atoms with van der Waals surface area (Å²) in [6.45, 7) is 9.42. The number of Topliss-reactive ketones (excluding diaryl/α,β-unsaturated/α-hetero) is 1. The van der Waals surface area contributed by atoms with Crippen LogP contribution in [-0.4, -0.2) is 23.4 Å². The Morgan fingerprint density at radius 2 is 1.17 bits per heavy atom. The number of carbonyl (C=O) groups is 2. The lowest BCUT2D eigenvalue weighted by molar-refractivity contribution is -0.140. The van der Waals surface area contributed by atoms with Crippen LogP contribution in [0, 0.1) is 13.8 Å². The second kappa shape index (κ2) is 19.6. The highest BCUT2D eigenvalue weighted by molar-refractivity contribution is 5.99. The third kappa shape index (κ3) is 12.3. The third-order valence-corrected chi connectivity index (χ3v) is 7.43. The lowest BCUT2D eigenvalue weighted by Gasteiger charge is -2.10. The van der Waals surface area contributed by atoms with Crippen LogP contribution in [0.15, 0.2) is 0 Å². The van der Waals surface area contributed by atoms with Crippen LogP contribution in [0.25, 0.3) is 0 Å². The van der Waals surface area contributed by atoms with E-state index in [4.69, 9.17) is 4.74 Å². The zero-order valence-electron chi connectivity index (χ0n) is 23.8. The van der Waals surface area contributed by atoms with E-state index < -0.39 is 0 Å². The standard InChI is InChI=1S/C31H55NO3/c1-6-8-9-10-11-12-13-14-15-16-17-18-19-20-21-22-29(33)31-26(3)28(23-24-30(34)35-5)32(25-7-2)27(31)4/h6-25H2,1-5H3. The smallest absolute Gasteiger partial charge is 0.305 e. The summed E-state index contributed by atoms with van der Waals surface area (Å²) >= 11 is 0. The molecule has 1 heterocycles. The molecule has 0 aromatic carbocycles. The average molecular weight is 490 g/mol. The molecule has 0 bridgehead atoms. The number of esters is 1. The van der Waals surface area contributed by atoms with Crippen LogP contribution in [0.3, 0.4) is 0 Å². The zero-order chi connectivity index (χ0) is 25.9. The maximum absolute atomic E-state index is 13.1. The Kier molecular flexibility index (Phi) is 17.6. The number of ether oxygens (including phenoxy) is 1. The summed E-state index contributed by atoms with van der Waals surface area (Å²) < 4.78 is 7.07. The average Bonchev–Trinajstić information content (AvgIpc) is 3.08. The quantitative estimate of drug-likeness (QED) is 0.0927. The molecule has 0 atom stereocenters. The van der Waals surface area contributed by atoms with Crippen molar-refractivity contribution in [2.75, 3.05) is 7.11 Å². The van der Waals surface area contributed by atoms with Crippen LogP contribution >= 0.6 is 0 Å². The van der Waals surface area contributed by atoms with Crippen molar-refractivity contribution in [3.8, 4) is 0 Å². The Morgan fingerprint density at radius 1 is 0.686 bits per heavy atom. The van der Waals surface area contributed by atoms with E-state index in [0.717, 1.165) is 48.3 Å². The number of unbranched alkanes of at least 4 members (excludes halogenated alkanes) is 14. The van der Waals surface area contributed by atoms with E-state index in [1.807, 2.05) is 6.92 Å². The summed E-state index contributed by atoms with van der Waals surface area (Å²) in [7, 11) is 1.43. The van der Waals surface area contributed by atoms with Crippen molar-refractivity contribution < 1.29 is 14.3 Å². The number of methoxy groups -OCH3 is 1. The van der Waals surface area contributed by atoms with E-state index in [1.165, 1.54) is 90.6 Å². The van der Waals surface area contributed by atoms with Gasteiger partial charge in [-0.1, -0.05) is 104 Å². The first-order valence-corrected chi connectivity index (χ1v) is 14.8. The monoisotopic (exact) mass is 489 g/mol. The first-order chi connectivity index (χ1) is 17.0. The molecular weight excluding hydrogens is 434 g/mol. The van der Waals surface area contributed by atoms with Crippen molar-refractivity contribution in [3.05, 3.63) is 22.5 Å². The maximum Gasteiger partial charge on any atom is 0.305 e. The second-order valence-electron chi connectivity index (χ2n) is 10.4. The van der Waals surface area contributed by atoms with Gasteiger partial charge in [0.15, 0.2) is 5.78 Å². The largest absolute Gasteiger partial charge is 0.469 e. The SMILES string of the molecule is CCCCCCCCCCCCCCCCCC(=O)c1c(C)c(CCC(=O)OC)n(CCC)c1C. The number of hydrogen-bond acceptors (Lipinski definition) is 3. The Morgan fingerprint density at radius 3 is 1.63 bits per heavy atom. The molecule has 1 aromatic heterocycles. The molecule has 0 aliphatic heterocycles. The molecule has 0 saturated heterocycles. The van der Waals surface area contributed by atoms with Crippen LogP contribution in [0.4, 0.5) is 0 Å². The van der Waals surface area contributed by atoms with Crippen molar-refractivity contribution in [1.82, 2.24) is 4.57 Å². The first-order valence-electron chi connectivity index (χ1n) is 14.8. The summed E-state index contributed by atoms with van der Waals surface area (Å²) in [6.07, 6.45) is 22.6. The predicted molar refractivity (Wildman–Crippen MR) is 148 cm³/mol. The normalized spacial score (nSPS) is 11.2. The van der Waals surface area contributed by atoms with Gasteiger partial charge in [0.25, 0.3) is 0 Å². The maximum atomic E-state index is 13.1. The van der Waals surface area contributed by atoms with E-state index in [2.05, 4.69) is 25.3 Å². The Hall–Kier alpha value is -1.58. The molecule has 0 amide bonds. The third-order valence-electron chi connectivity index (χ3n) is 7.43. The lowest BCUT2D eigenvalue weighted by atomic mass is 9.99. The summed E-state index contributed by atoms with van der Waals surface area (Å²) in [4.78, 5) is 24.7. The fourth-order valence-corrected chi connectivity index (χ4v) is 5.32. The van der Waals surface area contributed by atoms with E-state index in [0.29, 0.717) is 19.3 Å². The van der Waals surface area contributed by atoms with E-state index in [-0.39, 0.29) is 11.8 Å². The summed E-state index contributed by atoms with van der Waals surface area (Å²) in [6, 6.07) is 0. The highest BCUT2D eigenvalue weighted by Gasteiger charge is 2.22. The minimum Gasteiger partial charge on any atom is -0.469 e. The van der Waals surface area contributed by atoms with Crippen LogP contribution in [0.2, 0.25) is 0 Å². The Balaban J connectivity index is 2.27. The van der Waals surface area contributed by atoms with E-state index in [9.17, 15) is 9.59 Å². The molecule has 0 aliphatic carbocycles. The van der Waals surface area contributed by atoms with E-state index >= 15 is 0 Å². The number of hydrogen-bond donors (Lipinski definition) is 0. The number of nitrogens with zero attached hydrogens (tertiary/aromatic N) is 1. The molecular formula is C31H55NO3. The van der Waals surface area contributed by atoms with Crippen molar-refractivity contribution in [3.63, 3.8) is 0 Å². The molecule has 0 unspecified atom stereocenters. The number of aromatic nitrogens is 1. The summed E-state index contributed by atoms with van der Waals surface area (Å²) in [5, 5.41) is 0. The van der Waals surface area contributed by atoms with Gasteiger partial charge in [0.1, 0.15) is 0 Å². The topological polar surface area (TPSA) is 48.3 Å². The van der Waals surface area contributed by atoms with Gasteiger partial charge in [-0.2, -0.15) is 0 Å². The molecule has 0 radical (unpaired) electrons. The van der Waals surface area contributed by atoms with Gasteiger partial charge in [-0.25, -0.2) is 0 Å². The van der Waals surface area contributed by atoms with Gasteiger partial charge in [-0.3, -0.25) is 9.59 Å².